The van der Waals surface area contributed by atoms with Gasteiger partial charge in [0.25, 0.3) is 0 Å². The lowest BCUT2D eigenvalue weighted by Crippen LogP contribution is -2.18. The van der Waals surface area contributed by atoms with Gasteiger partial charge >= 0.3 is 5.69 Å². The highest BCUT2D eigenvalue weighted by molar-refractivity contribution is 5.20. The maximum Gasteiger partial charge on any atom is 0.343 e. The molecule has 1 aromatic heterocycles. The second kappa shape index (κ2) is 4.25. The van der Waals surface area contributed by atoms with Gasteiger partial charge in [0.15, 0.2) is 0 Å². The molecule has 1 aromatic rings. The number of hydrogen-bond acceptors (Lipinski definition) is 2. The monoisotopic (exact) mass is 177 g/mol. The number of H-pyrrole nitrogens is 1. The van der Waals surface area contributed by atoms with E-state index in [9.17, 15) is 4.79 Å². The Morgan fingerprint density at radius 1 is 1.69 bits per heavy atom. The molecule has 0 aliphatic carbocycles. The number of nitrogens with one attached hydrogen (secondary N) is 1. The van der Waals surface area contributed by atoms with Gasteiger partial charge in [-0.25, -0.2) is 9.48 Å². The smallest absolute Gasteiger partial charge is 0.295 e. The molecule has 0 amide bonds. The molecule has 1 N–H and O–H groups in total. The van der Waals surface area contributed by atoms with Gasteiger partial charge in [0, 0.05) is 0 Å². The van der Waals surface area contributed by atoms with E-state index in [2.05, 4.69) is 23.2 Å². The average molecular weight is 177 g/mol. The van der Waals surface area contributed by atoms with Crippen LogP contribution in [0.15, 0.2) is 48.1 Å². The Kier molecular flexibility index (Phi) is 3.03. The van der Waals surface area contributed by atoms with Crippen LogP contribution in [0.1, 0.15) is 0 Å². The Balaban J connectivity index is 2.84. The molecule has 1 rings (SSSR count). The van der Waals surface area contributed by atoms with Gasteiger partial charge in [-0.1, -0.05) is 31.4 Å². The third-order valence-electron chi connectivity index (χ3n) is 1.55. The lowest BCUT2D eigenvalue weighted by atomic mass is 10.2. The van der Waals surface area contributed by atoms with Crippen LogP contribution in [0.5, 0.6) is 0 Å². The van der Waals surface area contributed by atoms with Crippen LogP contribution in [0.2, 0.25) is 0 Å². The third-order valence-corrected chi connectivity index (χ3v) is 1.55. The lowest BCUT2D eigenvalue weighted by Gasteiger charge is -1.98. The van der Waals surface area contributed by atoms with Crippen molar-refractivity contribution in [3.63, 3.8) is 0 Å². The minimum Gasteiger partial charge on any atom is -0.295 e. The summed E-state index contributed by atoms with van der Waals surface area (Å²) in [6.45, 7) is 7.60. The zero-order valence-electron chi connectivity index (χ0n) is 7.23. The fourth-order valence-electron chi connectivity index (χ4n) is 0.903. The highest BCUT2D eigenvalue weighted by Crippen LogP contribution is 1.97. The summed E-state index contributed by atoms with van der Waals surface area (Å²) in [7, 11) is 0. The van der Waals surface area contributed by atoms with Crippen molar-refractivity contribution in [2.45, 2.75) is 6.54 Å². The van der Waals surface area contributed by atoms with Crippen LogP contribution in [0.4, 0.5) is 0 Å². The van der Waals surface area contributed by atoms with E-state index in [1.807, 2.05) is 0 Å². The molecule has 0 atom stereocenters. The standard InChI is InChI=1S/C9H11N3O/c1-3-5-8(4-2)6-12-9(13)10-7-11-12/h3-5,7H,1-2,6H2,(H,10,11,13)/b8-5+. The van der Waals surface area contributed by atoms with Gasteiger partial charge in [-0.3, -0.25) is 4.98 Å². The fourth-order valence-corrected chi connectivity index (χ4v) is 0.903. The molecule has 1 heterocycles. The summed E-state index contributed by atoms with van der Waals surface area (Å²) < 4.78 is 1.32. The Bertz CT molecular complexity index is 384. The van der Waals surface area contributed by atoms with E-state index in [0.29, 0.717) is 6.54 Å². The van der Waals surface area contributed by atoms with Crippen LogP contribution in [-0.2, 0) is 6.54 Å². The Labute approximate surface area is 75.9 Å². The summed E-state index contributed by atoms with van der Waals surface area (Å²) in [6.07, 6.45) is 6.46. The van der Waals surface area contributed by atoms with Crippen LogP contribution in [0.25, 0.3) is 0 Å². The fraction of sp³-hybridized carbons (Fsp3) is 0.111. The van der Waals surface area contributed by atoms with Gasteiger partial charge in [0.1, 0.15) is 6.33 Å². The molecule has 0 aliphatic heterocycles. The van der Waals surface area contributed by atoms with Crippen LogP contribution in [0, 0.1) is 0 Å². The molecule has 4 heteroatoms. The second-order valence-corrected chi connectivity index (χ2v) is 2.43. The van der Waals surface area contributed by atoms with Crippen molar-refractivity contribution < 1.29 is 0 Å². The summed E-state index contributed by atoms with van der Waals surface area (Å²) in [4.78, 5) is 13.5. The summed E-state index contributed by atoms with van der Waals surface area (Å²) in [5, 5.41) is 3.81. The number of allylic oxidation sites excluding steroid dienone is 4. The minimum atomic E-state index is -0.225. The highest BCUT2D eigenvalue weighted by Gasteiger charge is 1.97. The second-order valence-electron chi connectivity index (χ2n) is 2.43. The Hall–Kier alpha value is -1.84. The molecule has 0 aromatic carbocycles. The van der Waals surface area contributed by atoms with E-state index in [1.165, 1.54) is 11.0 Å². The first-order chi connectivity index (χ1) is 6.27. The molecular weight excluding hydrogens is 166 g/mol. The highest BCUT2D eigenvalue weighted by atomic mass is 16.1. The molecule has 0 bridgehead atoms. The van der Waals surface area contributed by atoms with Crippen molar-refractivity contribution in [3.8, 4) is 0 Å². The Morgan fingerprint density at radius 3 is 2.92 bits per heavy atom. The van der Waals surface area contributed by atoms with Crippen molar-refractivity contribution in [2.24, 2.45) is 0 Å². The largest absolute Gasteiger partial charge is 0.343 e. The van der Waals surface area contributed by atoms with Crippen molar-refractivity contribution in [1.82, 2.24) is 14.8 Å². The van der Waals surface area contributed by atoms with Gasteiger partial charge in [-0.15, -0.1) is 0 Å². The van der Waals surface area contributed by atoms with Crippen LogP contribution < -0.4 is 5.69 Å². The molecule has 0 fully saturated rings. The number of nitrogens with zero attached hydrogens (tertiary/aromatic N) is 2. The maximum atomic E-state index is 11.0. The first kappa shape index (κ1) is 9.25. The average Bonchev–Trinajstić information content (AvgIpc) is 2.51. The van der Waals surface area contributed by atoms with Crippen molar-refractivity contribution in [3.05, 3.63) is 53.8 Å². The Morgan fingerprint density at radius 2 is 2.46 bits per heavy atom. The molecule has 0 spiro atoms. The summed E-state index contributed by atoms with van der Waals surface area (Å²) in [5.41, 5.74) is 0.668. The molecular formula is C9H11N3O. The predicted molar refractivity (Wildman–Crippen MR) is 51.3 cm³/mol. The summed E-state index contributed by atoms with van der Waals surface area (Å²) in [5.74, 6) is 0. The van der Waals surface area contributed by atoms with Gasteiger partial charge in [-0.2, -0.15) is 5.10 Å². The van der Waals surface area contributed by atoms with E-state index >= 15 is 0 Å². The first-order valence-corrected chi connectivity index (χ1v) is 3.82. The van der Waals surface area contributed by atoms with E-state index in [-0.39, 0.29) is 5.69 Å². The summed E-state index contributed by atoms with van der Waals surface area (Å²) >= 11 is 0. The SMILES string of the molecule is C=C/C=C(\C=C)Cn1nc[nH]c1=O. The van der Waals surface area contributed by atoms with Crippen molar-refractivity contribution in [1.29, 1.82) is 0 Å². The quantitative estimate of drug-likeness (QED) is 0.694. The van der Waals surface area contributed by atoms with E-state index in [0.717, 1.165) is 5.57 Å². The van der Waals surface area contributed by atoms with E-state index in [1.54, 1.807) is 18.2 Å². The van der Waals surface area contributed by atoms with Gasteiger partial charge < -0.3 is 0 Å². The van der Waals surface area contributed by atoms with Gasteiger partial charge in [0.05, 0.1) is 6.54 Å². The molecule has 0 radical (unpaired) electrons. The third kappa shape index (κ3) is 2.30. The normalized spacial score (nSPS) is 11.2. The molecule has 0 saturated carbocycles. The summed E-state index contributed by atoms with van der Waals surface area (Å²) in [6, 6.07) is 0. The minimum absolute atomic E-state index is 0.225. The molecule has 0 unspecified atom stereocenters. The number of aromatic nitrogens is 3. The molecule has 0 aliphatic rings. The van der Waals surface area contributed by atoms with Crippen molar-refractivity contribution in [2.75, 3.05) is 0 Å². The van der Waals surface area contributed by atoms with Crippen LogP contribution in [-0.4, -0.2) is 14.8 Å². The zero-order chi connectivity index (χ0) is 9.68. The lowest BCUT2D eigenvalue weighted by molar-refractivity contribution is 0.658. The predicted octanol–water partition coefficient (Wildman–Crippen LogP) is 0.870. The van der Waals surface area contributed by atoms with E-state index < -0.39 is 0 Å². The molecule has 4 nitrogen and oxygen atoms in total. The number of hydrogen-bond donors (Lipinski definition) is 1. The zero-order valence-corrected chi connectivity index (χ0v) is 7.23. The van der Waals surface area contributed by atoms with Crippen molar-refractivity contribution >= 4 is 0 Å². The van der Waals surface area contributed by atoms with Gasteiger partial charge in [-0.05, 0) is 5.57 Å². The first-order valence-electron chi connectivity index (χ1n) is 3.82. The van der Waals surface area contributed by atoms with Crippen LogP contribution in [0.3, 0.4) is 0 Å². The molecule has 68 valence electrons. The van der Waals surface area contributed by atoms with Gasteiger partial charge in [0.2, 0.25) is 0 Å². The molecule has 13 heavy (non-hydrogen) atoms. The van der Waals surface area contributed by atoms with E-state index in [4.69, 9.17) is 0 Å². The number of rotatable bonds is 4. The molecule has 0 saturated heterocycles. The number of aromatic amines is 1. The van der Waals surface area contributed by atoms with Crippen LogP contribution >= 0.6 is 0 Å². The maximum absolute atomic E-state index is 11.0. The topological polar surface area (TPSA) is 50.7 Å².